The van der Waals surface area contributed by atoms with E-state index >= 15 is 0 Å². The molecule has 0 unspecified atom stereocenters. The van der Waals surface area contributed by atoms with E-state index < -0.39 is 0 Å². The first kappa shape index (κ1) is 23.3. The van der Waals surface area contributed by atoms with Crippen LogP contribution in [0.2, 0.25) is 0 Å². The topological polar surface area (TPSA) is 52.6 Å². The summed E-state index contributed by atoms with van der Waals surface area (Å²) in [6.07, 6.45) is 2.96. The van der Waals surface area contributed by atoms with Crippen molar-refractivity contribution in [1.82, 2.24) is 5.32 Å². The van der Waals surface area contributed by atoms with Crippen molar-refractivity contribution < 1.29 is 14.3 Å². The van der Waals surface area contributed by atoms with Crippen LogP contribution in [-0.2, 0) is 17.9 Å². The van der Waals surface area contributed by atoms with Gasteiger partial charge in [0.15, 0.2) is 5.11 Å². The van der Waals surface area contributed by atoms with Gasteiger partial charge in [-0.2, -0.15) is 0 Å². The van der Waals surface area contributed by atoms with Crippen LogP contribution in [0.1, 0.15) is 27.8 Å². The lowest BCUT2D eigenvalue weighted by Gasteiger charge is -2.28. The molecule has 164 valence electrons. The van der Waals surface area contributed by atoms with Crippen LogP contribution in [0.15, 0.2) is 72.8 Å². The Morgan fingerprint density at radius 1 is 1.06 bits per heavy atom. The molecule has 3 aromatic carbocycles. The lowest BCUT2D eigenvalue weighted by molar-refractivity contribution is -0.115. The number of hydrogen-bond donors (Lipinski definition) is 2. The van der Waals surface area contributed by atoms with Crippen molar-refractivity contribution >= 4 is 35.0 Å². The zero-order valence-corrected chi connectivity index (χ0v) is 18.8. The fourth-order valence-corrected chi connectivity index (χ4v) is 3.54. The number of nitrogens with one attached hydrogen (secondary N) is 1. The third kappa shape index (κ3) is 6.09. The van der Waals surface area contributed by atoms with Crippen molar-refractivity contribution in [1.29, 1.82) is 0 Å². The number of thiocarbonyl (C=S) groups is 1. The minimum atomic E-state index is -0.384. The second kappa shape index (κ2) is 10.8. The number of rotatable bonds is 6. The predicted molar refractivity (Wildman–Crippen MR) is 131 cm³/mol. The summed E-state index contributed by atoms with van der Waals surface area (Å²) in [6.45, 7) is 4.28. The molecule has 3 rings (SSSR count). The smallest absolute Gasteiger partial charge is 0.250 e. The van der Waals surface area contributed by atoms with E-state index in [0.717, 1.165) is 27.9 Å². The molecule has 32 heavy (non-hydrogen) atoms. The Hall–Kier alpha value is -3.35. The third-order valence-electron chi connectivity index (χ3n) is 5.05. The molecule has 3 aromatic rings. The van der Waals surface area contributed by atoms with Gasteiger partial charge in [0.1, 0.15) is 5.82 Å². The Morgan fingerprint density at radius 2 is 1.75 bits per heavy atom. The summed E-state index contributed by atoms with van der Waals surface area (Å²) in [4.78, 5) is 14.4. The zero-order valence-electron chi connectivity index (χ0n) is 18.0. The molecule has 4 nitrogen and oxygen atoms in total. The maximum Gasteiger partial charge on any atom is 0.250 e. The Kier molecular flexibility index (Phi) is 7.87. The third-order valence-corrected chi connectivity index (χ3v) is 5.37. The van der Waals surface area contributed by atoms with Crippen LogP contribution >= 0.6 is 12.2 Å². The summed E-state index contributed by atoms with van der Waals surface area (Å²) < 4.78 is 13.1. The molecule has 0 heterocycles. The van der Waals surface area contributed by atoms with Crippen LogP contribution in [0, 0.1) is 19.7 Å². The average Bonchev–Trinajstić information content (AvgIpc) is 2.79. The molecule has 0 spiro atoms. The highest BCUT2D eigenvalue weighted by Gasteiger charge is 2.18. The van der Waals surface area contributed by atoms with Gasteiger partial charge in [-0.25, -0.2) is 4.39 Å². The first-order chi connectivity index (χ1) is 15.4. The van der Waals surface area contributed by atoms with E-state index in [1.807, 2.05) is 61.2 Å². The van der Waals surface area contributed by atoms with E-state index in [0.29, 0.717) is 12.1 Å². The Bertz CT molecular complexity index is 1140. The van der Waals surface area contributed by atoms with Crippen LogP contribution in [-0.4, -0.2) is 16.1 Å². The van der Waals surface area contributed by atoms with E-state index in [1.54, 1.807) is 18.2 Å². The maximum atomic E-state index is 13.1. The summed E-state index contributed by atoms with van der Waals surface area (Å²) in [6, 6.07) is 19.5. The first-order valence-corrected chi connectivity index (χ1v) is 10.6. The highest BCUT2D eigenvalue weighted by molar-refractivity contribution is 7.80. The Labute approximate surface area is 193 Å². The van der Waals surface area contributed by atoms with Crippen LogP contribution in [0.3, 0.4) is 0 Å². The van der Waals surface area contributed by atoms with Gasteiger partial charge in [-0.15, -0.1) is 0 Å². The van der Waals surface area contributed by atoms with Crippen molar-refractivity contribution in [3.8, 4) is 0 Å². The van der Waals surface area contributed by atoms with E-state index in [1.165, 1.54) is 18.2 Å². The Balaban J connectivity index is 1.85. The molecule has 0 aliphatic carbocycles. The SMILES string of the molecule is Cc1ccc(C)c(N(Cc2ccccc2CO)C(=S)NC(=O)C=Cc2ccc(F)cc2)c1. The van der Waals surface area contributed by atoms with Gasteiger partial charge in [0, 0.05) is 11.8 Å². The van der Waals surface area contributed by atoms with Crippen molar-refractivity contribution in [2.45, 2.75) is 27.0 Å². The van der Waals surface area contributed by atoms with E-state index in [-0.39, 0.29) is 23.4 Å². The van der Waals surface area contributed by atoms with Crippen molar-refractivity contribution in [2.24, 2.45) is 0 Å². The van der Waals surface area contributed by atoms with Crippen LogP contribution in [0.25, 0.3) is 6.08 Å². The number of halogens is 1. The Morgan fingerprint density at radius 3 is 2.44 bits per heavy atom. The number of carbonyl (C=O) groups excluding carboxylic acids is 1. The summed E-state index contributed by atoms with van der Waals surface area (Å²) in [7, 11) is 0. The number of anilines is 1. The van der Waals surface area contributed by atoms with Crippen LogP contribution < -0.4 is 10.2 Å². The predicted octanol–water partition coefficient (Wildman–Crippen LogP) is 5.06. The molecule has 0 saturated heterocycles. The van der Waals surface area contributed by atoms with Gasteiger partial charge in [0.05, 0.1) is 13.2 Å². The summed E-state index contributed by atoms with van der Waals surface area (Å²) in [5, 5.41) is 12.7. The van der Waals surface area contributed by atoms with Gasteiger partial charge in [0.2, 0.25) is 5.91 Å². The first-order valence-electron chi connectivity index (χ1n) is 10.2. The van der Waals surface area contributed by atoms with Gasteiger partial charge in [-0.3, -0.25) is 10.1 Å². The molecule has 0 aromatic heterocycles. The normalized spacial score (nSPS) is 10.9. The summed E-state index contributed by atoms with van der Waals surface area (Å²) in [5.74, 6) is -0.717. The number of carbonyl (C=O) groups is 1. The molecule has 0 fully saturated rings. The lowest BCUT2D eigenvalue weighted by atomic mass is 10.1. The van der Waals surface area contributed by atoms with E-state index in [2.05, 4.69) is 5.32 Å². The number of aryl methyl sites for hydroxylation is 2. The number of aliphatic hydroxyl groups excluding tert-OH is 1. The molecular weight excluding hydrogens is 423 g/mol. The quantitative estimate of drug-likeness (QED) is 0.409. The summed E-state index contributed by atoms with van der Waals surface area (Å²) in [5.41, 5.74) is 5.37. The van der Waals surface area contributed by atoms with Gasteiger partial charge in [0.25, 0.3) is 0 Å². The highest BCUT2D eigenvalue weighted by Crippen LogP contribution is 2.25. The number of amides is 1. The molecule has 0 atom stereocenters. The zero-order chi connectivity index (χ0) is 23.1. The van der Waals surface area contributed by atoms with E-state index in [4.69, 9.17) is 12.2 Å². The van der Waals surface area contributed by atoms with Gasteiger partial charge in [-0.05, 0) is 78.2 Å². The second-order valence-corrected chi connectivity index (χ2v) is 7.87. The van der Waals surface area contributed by atoms with E-state index in [9.17, 15) is 14.3 Å². The molecule has 0 radical (unpaired) electrons. The molecule has 0 saturated carbocycles. The van der Waals surface area contributed by atoms with Crippen molar-refractivity contribution in [3.05, 3.63) is 106 Å². The molecule has 1 amide bonds. The number of benzene rings is 3. The molecule has 2 N–H and O–H groups in total. The van der Waals surface area contributed by atoms with Crippen LogP contribution in [0.4, 0.5) is 10.1 Å². The van der Waals surface area contributed by atoms with Crippen molar-refractivity contribution in [3.63, 3.8) is 0 Å². The molecular formula is C26H25FN2O2S. The second-order valence-electron chi connectivity index (χ2n) is 7.48. The summed E-state index contributed by atoms with van der Waals surface area (Å²) >= 11 is 5.61. The largest absolute Gasteiger partial charge is 0.392 e. The fourth-order valence-electron chi connectivity index (χ4n) is 3.27. The minimum Gasteiger partial charge on any atom is -0.392 e. The number of aliphatic hydroxyl groups is 1. The lowest BCUT2D eigenvalue weighted by Crippen LogP contribution is -2.42. The average molecular weight is 449 g/mol. The highest BCUT2D eigenvalue weighted by atomic mass is 32.1. The monoisotopic (exact) mass is 448 g/mol. The van der Waals surface area contributed by atoms with Gasteiger partial charge in [-0.1, -0.05) is 48.5 Å². The number of hydrogen-bond acceptors (Lipinski definition) is 3. The molecule has 6 heteroatoms. The maximum absolute atomic E-state index is 13.1. The van der Waals surface area contributed by atoms with Gasteiger partial charge >= 0.3 is 0 Å². The molecule has 0 aliphatic heterocycles. The van der Waals surface area contributed by atoms with Crippen molar-refractivity contribution in [2.75, 3.05) is 4.90 Å². The molecule has 0 bridgehead atoms. The number of nitrogens with zero attached hydrogens (tertiary/aromatic N) is 1. The van der Waals surface area contributed by atoms with Crippen LogP contribution in [0.5, 0.6) is 0 Å². The fraction of sp³-hybridized carbons (Fsp3) is 0.154. The molecule has 0 aliphatic rings. The van der Waals surface area contributed by atoms with Gasteiger partial charge < -0.3 is 10.0 Å². The standard InChI is InChI=1S/C26H25FN2O2S/c1-18-7-8-19(2)24(15-18)29(16-21-5-3-4-6-22(21)17-30)26(32)28-25(31)14-11-20-9-12-23(27)13-10-20/h3-15,30H,16-17H2,1-2H3,(H,28,31,32). The minimum absolute atomic E-state index is 0.0870.